The molecular weight excluding hydrogens is 549 g/mol. The molecule has 0 saturated heterocycles. The summed E-state index contributed by atoms with van der Waals surface area (Å²) in [6, 6.07) is 0. The predicted molar refractivity (Wildman–Crippen MR) is 80.3 cm³/mol. The second kappa shape index (κ2) is 4.41. The van der Waals surface area contributed by atoms with Crippen LogP contribution in [-0.4, -0.2) is 21.0 Å². The molecule has 0 aliphatic heterocycles. The van der Waals surface area contributed by atoms with Crippen LogP contribution in [-0.2, 0) is 0 Å². The van der Waals surface area contributed by atoms with Gasteiger partial charge in [0, 0.05) is 0 Å². The van der Waals surface area contributed by atoms with Crippen LogP contribution in [0.3, 0.4) is 0 Å². The van der Waals surface area contributed by atoms with Crippen molar-refractivity contribution >= 4 is 110 Å². The zero-order valence-corrected chi connectivity index (χ0v) is 15.9. The Hall–Kier alpha value is 2.78. The minimum Gasteiger partial charge on any atom is -0.372 e. The lowest BCUT2D eigenvalue weighted by molar-refractivity contribution is 0.168. The summed E-state index contributed by atoms with van der Waals surface area (Å²) < 4.78 is -6.00. The molecule has 88 valence electrons. The Morgan fingerprint density at radius 3 is 1.80 bits per heavy atom. The van der Waals surface area contributed by atoms with Gasteiger partial charge in [-0.3, -0.25) is 0 Å². The van der Waals surface area contributed by atoms with Gasteiger partial charge in [0.05, 0.1) is 5.03 Å². The van der Waals surface area contributed by atoms with Crippen molar-refractivity contribution in [3.8, 4) is 0 Å². The summed E-state index contributed by atoms with van der Waals surface area (Å²) >= 11 is 36.7. The van der Waals surface area contributed by atoms with Gasteiger partial charge in [0.1, 0.15) is 0 Å². The summed E-state index contributed by atoms with van der Waals surface area (Å²) in [5.74, 6) is 0. The van der Waals surface area contributed by atoms with Crippen molar-refractivity contribution in [3.63, 3.8) is 0 Å². The van der Waals surface area contributed by atoms with E-state index in [1.54, 1.807) is 0 Å². The van der Waals surface area contributed by atoms with Gasteiger partial charge in [-0.15, -0.1) is 11.6 Å². The quantitative estimate of drug-likeness (QED) is 0.411. The smallest absolute Gasteiger partial charge is 0.173 e. The van der Waals surface area contributed by atoms with Crippen molar-refractivity contribution in [1.29, 1.82) is 0 Å². The Morgan fingerprint density at radius 2 is 1.40 bits per heavy atom. The van der Waals surface area contributed by atoms with E-state index in [1.165, 1.54) is 6.08 Å². The highest BCUT2D eigenvalue weighted by molar-refractivity contribution is 9.16. The first-order chi connectivity index (χ1) is 6.38. The first kappa shape index (κ1) is 15.8. The zero-order chi connectivity index (χ0) is 12.3. The largest absolute Gasteiger partial charge is 0.372 e. The maximum absolute atomic E-state index is 10.0. The number of hydrogen-bond acceptors (Lipinski definition) is 1. The first-order valence-corrected chi connectivity index (χ1v) is 8.00. The number of aliphatic hydroxyl groups is 1. The number of halogens is 8. The van der Waals surface area contributed by atoms with Crippen LogP contribution in [0.5, 0.6) is 0 Å². The molecular formula is C6H2Br4Cl4O. The van der Waals surface area contributed by atoms with Gasteiger partial charge in [0.25, 0.3) is 0 Å². The zero-order valence-electron chi connectivity index (χ0n) is 6.55. The van der Waals surface area contributed by atoms with E-state index in [0.29, 0.717) is 0 Å². The highest BCUT2D eigenvalue weighted by Gasteiger charge is 2.70. The summed E-state index contributed by atoms with van der Waals surface area (Å²) in [6.07, 6.45) is 1.25. The maximum Gasteiger partial charge on any atom is 0.173 e. The minimum absolute atomic E-state index is 0.103. The molecule has 0 aromatic carbocycles. The average molecular weight is 552 g/mol. The van der Waals surface area contributed by atoms with Gasteiger partial charge in [-0.25, -0.2) is 0 Å². The molecule has 0 radical (unpaired) electrons. The van der Waals surface area contributed by atoms with E-state index in [-0.39, 0.29) is 5.03 Å². The Kier molecular flexibility index (Phi) is 4.66. The van der Waals surface area contributed by atoms with E-state index in [4.69, 9.17) is 46.4 Å². The van der Waals surface area contributed by atoms with Crippen molar-refractivity contribution in [2.24, 2.45) is 0 Å². The van der Waals surface area contributed by atoms with E-state index in [0.717, 1.165) is 0 Å². The molecule has 1 N–H and O–H groups in total. The van der Waals surface area contributed by atoms with Crippen LogP contribution in [0.15, 0.2) is 11.1 Å². The Labute approximate surface area is 140 Å². The Morgan fingerprint density at radius 1 is 1.00 bits per heavy atom. The Bertz CT molecular complexity index is 325. The molecule has 0 spiro atoms. The van der Waals surface area contributed by atoms with E-state index < -0.39 is 15.9 Å². The normalized spacial score (nSPS) is 56.5. The summed E-state index contributed by atoms with van der Waals surface area (Å²) in [4.78, 5) is 0. The number of hydrogen-bond donors (Lipinski definition) is 1. The topological polar surface area (TPSA) is 20.2 Å². The van der Waals surface area contributed by atoms with Crippen LogP contribution >= 0.6 is 110 Å². The van der Waals surface area contributed by atoms with Crippen molar-refractivity contribution in [1.82, 2.24) is 0 Å². The van der Waals surface area contributed by atoms with Gasteiger partial charge >= 0.3 is 0 Å². The number of rotatable bonds is 0. The molecule has 0 aromatic rings. The van der Waals surface area contributed by atoms with Gasteiger partial charge in [-0.1, -0.05) is 82.6 Å². The van der Waals surface area contributed by atoms with Crippen molar-refractivity contribution < 1.29 is 5.11 Å². The van der Waals surface area contributed by atoms with Crippen molar-refractivity contribution in [2.45, 2.75) is 15.9 Å². The molecule has 4 unspecified atom stereocenters. The van der Waals surface area contributed by atoms with Crippen LogP contribution in [0.1, 0.15) is 0 Å². The highest BCUT2D eigenvalue weighted by atomic mass is 79.9. The van der Waals surface area contributed by atoms with Crippen LogP contribution < -0.4 is 0 Å². The molecule has 1 nitrogen and oxygen atoms in total. The standard InChI is InChI=1S/C6H2Br4Cl4O/c7-3(15)1-2(11)4(8,12)6(10,14)5(3,9)13/h1,15H. The highest BCUT2D eigenvalue weighted by Crippen LogP contribution is 2.67. The second-order valence-corrected chi connectivity index (χ2v) is 11.1. The Balaban J connectivity index is 3.49. The summed E-state index contributed by atoms with van der Waals surface area (Å²) in [5.41, 5.74) is 0. The fourth-order valence-electron chi connectivity index (χ4n) is 0.917. The molecule has 1 aliphatic rings. The molecule has 0 aromatic heterocycles. The molecule has 1 aliphatic carbocycles. The van der Waals surface area contributed by atoms with Crippen LogP contribution in [0.25, 0.3) is 0 Å². The van der Waals surface area contributed by atoms with Gasteiger partial charge in [-0.05, 0) is 22.0 Å². The summed E-state index contributed by atoms with van der Waals surface area (Å²) in [5, 5.41) is 10.1. The van der Waals surface area contributed by atoms with Crippen LogP contribution in [0.2, 0.25) is 0 Å². The van der Waals surface area contributed by atoms with E-state index >= 15 is 0 Å². The summed E-state index contributed by atoms with van der Waals surface area (Å²) in [7, 11) is 0. The molecule has 0 heterocycles. The first-order valence-electron chi connectivity index (χ1n) is 3.31. The average Bonchev–Trinajstić information content (AvgIpc) is 2.00. The third-order valence-electron chi connectivity index (χ3n) is 1.85. The third kappa shape index (κ3) is 2.20. The van der Waals surface area contributed by atoms with Gasteiger partial charge in [0.2, 0.25) is 0 Å². The fourth-order valence-corrected chi connectivity index (χ4v) is 4.94. The fraction of sp³-hybridized carbons (Fsp3) is 0.667. The molecule has 0 saturated carbocycles. The predicted octanol–water partition coefficient (Wildman–Crippen LogP) is 5.20. The van der Waals surface area contributed by atoms with Crippen molar-refractivity contribution in [2.75, 3.05) is 0 Å². The molecule has 4 atom stereocenters. The molecule has 0 fully saturated rings. The van der Waals surface area contributed by atoms with Gasteiger partial charge in [0.15, 0.2) is 15.9 Å². The second-order valence-electron chi connectivity index (χ2n) is 2.89. The lowest BCUT2D eigenvalue weighted by Crippen LogP contribution is -2.61. The van der Waals surface area contributed by atoms with E-state index in [1.807, 2.05) is 0 Å². The minimum atomic E-state index is -1.66. The van der Waals surface area contributed by atoms with Crippen LogP contribution in [0.4, 0.5) is 0 Å². The molecule has 1 rings (SSSR count). The monoisotopic (exact) mass is 546 g/mol. The molecule has 0 bridgehead atoms. The van der Waals surface area contributed by atoms with E-state index in [9.17, 15) is 5.11 Å². The van der Waals surface area contributed by atoms with E-state index in [2.05, 4.69) is 63.7 Å². The lowest BCUT2D eigenvalue weighted by atomic mass is 10.0. The third-order valence-corrected chi connectivity index (χ3v) is 11.4. The number of alkyl halides is 7. The van der Waals surface area contributed by atoms with Crippen LogP contribution in [0, 0.1) is 0 Å². The molecule has 15 heavy (non-hydrogen) atoms. The maximum atomic E-state index is 10.0. The summed E-state index contributed by atoms with van der Waals surface area (Å²) in [6.45, 7) is 0. The SMILES string of the molecule is OC1(Br)C=C(Cl)C(Cl)(Br)C(Cl)(Br)C1(Cl)Br. The van der Waals surface area contributed by atoms with Gasteiger partial charge < -0.3 is 5.11 Å². The number of allylic oxidation sites excluding steroid dienone is 1. The van der Waals surface area contributed by atoms with Gasteiger partial charge in [-0.2, -0.15) is 0 Å². The molecule has 0 amide bonds. The molecule has 9 heteroatoms. The van der Waals surface area contributed by atoms with Crippen molar-refractivity contribution in [3.05, 3.63) is 11.1 Å². The lowest BCUT2D eigenvalue weighted by Gasteiger charge is -2.50.